The van der Waals surface area contributed by atoms with Gasteiger partial charge >= 0.3 is 0 Å². The van der Waals surface area contributed by atoms with Gasteiger partial charge in [0.05, 0.1) is 5.60 Å². The summed E-state index contributed by atoms with van der Waals surface area (Å²) < 4.78 is 0. The van der Waals surface area contributed by atoms with Gasteiger partial charge in [-0.1, -0.05) is 18.2 Å². The van der Waals surface area contributed by atoms with E-state index in [1.54, 1.807) is 0 Å². The van der Waals surface area contributed by atoms with Crippen LogP contribution in [-0.4, -0.2) is 42.1 Å². The summed E-state index contributed by atoms with van der Waals surface area (Å²) in [6.07, 6.45) is 2.02. The first kappa shape index (κ1) is 15.1. The van der Waals surface area contributed by atoms with Crippen molar-refractivity contribution in [3.63, 3.8) is 0 Å². The first-order valence-electron chi connectivity index (χ1n) is 6.98. The molecule has 5 heteroatoms. The van der Waals surface area contributed by atoms with Crippen molar-refractivity contribution in [1.82, 2.24) is 5.32 Å². The van der Waals surface area contributed by atoms with Crippen molar-refractivity contribution in [1.29, 1.82) is 0 Å². The number of para-hydroxylation sites is 1. The van der Waals surface area contributed by atoms with Crippen molar-refractivity contribution in [2.45, 2.75) is 24.9 Å². The van der Waals surface area contributed by atoms with E-state index in [0.29, 0.717) is 13.0 Å². The second-order valence-electron chi connectivity index (χ2n) is 5.28. The lowest BCUT2D eigenvalue weighted by atomic mass is 9.88. The quantitative estimate of drug-likeness (QED) is 0.814. The van der Waals surface area contributed by atoms with E-state index >= 15 is 0 Å². The minimum absolute atomic E-state index is 0.0276. The van der Waals surface area contributed by atoms with Crippen molar-refractivity contribution >= 4 is 23.2 Å². The number of rotatable bonds is 5. The Kier molecular flexibility index (Phi) is 5.26. The van der Waals surface area contributed by atoms with E-state index in [-0.39, 0.29) is 11.8 Å². The maximum Gasteiger partial charge on any atom is 0.234 e. The van der Waals surface area contributed by atoms with Gasteiger partial charge in [-0.2, -0.15) is 0 Å². The predicted octanol–water partition coefficient (Wildman–Crippen LogP) is 1.76. The second kappa shape index (κ2) is 6.95. The largest absolute Gasteiger partial charge is 0.390 e. The molecule has 0 aromatic heterocycles. The number of carbonyl (C=O) groups excluding carboxylic acids is 1. The van der Waals surface area contributed by atoms with E-state index in [1.165, 1.54) is 5.69 Å². The molecule has 4 nitrogen and oxygen atoms in total. The number of aliphatic hydroxyl groups is 1. The van der Waals surface area contributed by atoms with E-state index in [1.807, 2.05) is 18.2 Å². The summed E-state index contributed by atoms with van der Waals surface area (Å²) in [7, 11) is 0. The zero-order valence-corrected chi connectivity index (χ0v) is 12.3. The molecule has 0 saturated carbocycles. The summed E-state index contributed by atoms with van der Waals surface area (Å²) in [6, 6.07) is 10.2. The molecule has 1 aromatic carbocycles. The molecule has 0 atom stereocenters. The van der Waals surface area contributed by atoms with Crippen molar-refractivity contribution in [2.75, 3.05) is 30.4 Å². The van der Waals surface area contributed by atoms with Gasteiger partial charge in [0.2, 0.25) is 5.91 Å². The SMILES string of the molecule is O=C(CCl)NCCC1(O)CCN(c2ccccc2)CC1. The van der Waals surface area contributed by atoms with Gasteiger partial charge in [-0.3, -0.25) is 4.79 Å². The predicted molar refractivity (Wildman–Crippen MR) is 81.2 cm³/mol. The van der Waals surface area contributed by atoms with E-state index in [2.05, 4.69) is 22.3 Å². The Morgan fingerprint density at radius 3 is 2.55 bits per heavy atom. The minimum Gasteiger partial charge on any atom is -0.390 e. The highest BCUT2D eigenvalue weighted by Crippen LogP contribution is 2.28. The Morgan fingerprint density at radius 2 is 1.95 bits per heavy atom. The summed E-state index contributed by atoms with van der Waals surface area (Å²) in [5.74, 6) is -0.211. The number of halogens is 1. The number of alkyl halides is 1. The standard InChI is InChI=1S/C15H21ClN2O2/c16-12-14(19)17-9-6-15(20)7-10-18(11-8-15)13-4-2-1-3-5-13/h1-5,20H,6-12H2,(H,17,19). The van der Waals surface area contributed by atoms with Crippen LogP contribution in [0.3, 0.4) is 0 Å². The molecular formula is C15H21ClN2O2. The van der Waals surface area contributed by atoms with E-state index in [0.717, 1.165) is 25.9 Å². The summed E-state index contributed by atoms with van der Waals surface area (Å²) >= 11 is 5.41. The Bertz CT molecular complexity index is 431. The molecule has 0 aliphatic carbocycles. The lowest BCUT2D eigenvalue weighted by Crippen LogP contribution is -2.46. The fourth-order valence-electron chi connectivity index (χ4n) is 2.55. The van der Waals surface area contributed by atoms with Gasteiger partial charge in [-0.05, 0) is 31.4 Å². The van der Waals surface area contributed by atoms with Crippen LogP contribution < -0.4 is 10.2 Å². The maximum atomic E-state index is 11.1. The maximum absolute atomic E-state index is 11.1. The summed E-state index contributed by atoms with van der Waals surface area (Å²) in [5.41, 5.74) is 0.523. The highest BCUT2D eigenvalue weighted by molar-refractivity contribution is 6.27. The third-order valence-corrected chi connectivity index (χ3v) is 4.09. The summed E-state index contributed by atoms with van der Waals surface area (Å²) in [6.45, 7) is 2.15. The minimum atomic E-state index is -0.676. The van der Waals surface area contributed by atoms with Crippen LogP contribution in [0.1, 0.15) is 19.3 Å². The molecule has 1 aromatic rings. The van der Waals surface area contributed by atoms with Gasteiger partial charge < -0.3 is 15.3 Å². The average Bonchev–Trinajstić information content (AvgIpc) is 2.48. The molecule has 20 heavy (non-hydrogen) atoms. The highest BCUT2D eigenvalue weighted by Gasteiger charge is 2.31. The summed E-state index contributed by atoms with van der Waals surface area (Å²) in [4.78, 5) is 13.3. The molecule has 0 bridgehead atoms. The number of benzene rings is 1. The number of amides is 1. The van der Waals surface area contributed by atoms with Gasteiger partial charge in [0.1, 0.15) is 5.88 Å². The van der Waals surface area contributed by atoms with Crippen LogP contribution in [0.25, 0.3) is 0 Å². The number of hydrogen-bond acceptors (Lipinski definition) is 3. The average molecular weight is 297 g/mol. The number of piperidine rings is 1. The second-order valence-corrected chi connectivity index (χ2v) is 5.55. The third-order valence-electron chi connectivity index (χ3n) is 3.85. The lowest BCUT2D eigenvalue weighted by molar-refractivity contribution is -0.118. The number of nitrogens with one attached hydrogen (secondary N) is 1. The number of hydrogen-bond donors (Lipinski definition) is 2. The number of carbonyl (C=O) groups is 1. The Labute approximate surface area is 124 Å². The van der Waals surface area contributed by atoms with Gasteiger partial charge in [-0.15, -0.1) is 11.6 Å². The van der Waals surface area contributed by atoms with Crippen molar-refractivity contribution in [3.05, 3.63) is 30.3 Å². The van der Waals surface area contributed by atoms with Gasteiger partial charge in [0, 0.05) is 25.3 Å². The van der Waals surface area contributed by atoms with Crippen molar-refractivity contribution in [3.8, 4) is 0 Å². The molecule has 0 radical (unpaired) electrons. The molecule has 1 saturated heterocycles. The van der Waals surface area contributed by atoms with Crippen LogP contribution in [0.5, 0.6) is 0 Å². The Morgan fingerprint density at radius 1 is 1.30 bits per heavy atom. The monoisotopic (exact) mass is 296 g/mol. The van der Waals surface area contributed by atoms with Crippen LogP contribution in [-0.2, 0) is 4.79 Å². The van der Waals surface area contributed by atoms with Crippen LogP contribution in [0, 0.1) is 0 Å². The van der Waals surface area contributed by atoms with Crippen molar-refractivity contribution in [2.24, 2.45) is 0 Å². The molecule has 2 rings (SSSR count). The van der Waals surface area contributed by atoms with Crippen LogP contribution in [0.15, 0.2) is 30.3 Å². The molecule has 2 N–H and O–H groups in total. The fraction of sp³-hybridized carbons (Fsp3) is 0.533. The molecule has 1 amide bonds. The molecule has 110 valence electrons. The molecule has 0 spiro atoms. The Balaban J connectivity index is 1.79. The van der Waals surface area contributed by atoms with E-state index in [9.17, 15) is 9.90 Å². The molecule has 0 unspecified atom stereocenters. The number of nitrogens with zero attached hydrogens (tertiary/aromatic N) is 1. The molecular weight excluding hydrogens is 276 g/mol. The van der Waals surface area contributed by atoms with Gasteiger partial charge in [0.15, 0.2) is 0 Å². The van der Waals surface area contributed by atoms with Crippen LogP contribution >= 0.6 is 11.6 Å². The summed E-state index contributed by atoms with van der Waals surface area (Å²) in [5, 5.41) is 13.2. The Hall–Kier alpha value is -1.26. The van der Waals surface area contributed by atoms with Crippen LogP contribution in [0.2, 0.25) is 0 Å². The van der Waals surface area contributed by atoms with Crippen molar-refractivity contribution < 1.29 is 9.90 Å². The third kappa shape index (κ3) is 4.12. The topological polar surface area (TPSA) is 52.6 Å². The molecule has 1 heterocycles. The van der Waals surface area contributed by atoms with Crippen LogP contribution in [0.4, 0.5) is 5.69 Å². The normalized spacial score (nSPS) is 17.8. The smallest absolute Gasteiger partial charge is 0.234 e. The van der Waals surface area contributed by atoms with E-state index < -0.39 is 5.60 Å². The fourth-order valence-corrected chi connectivity index (χ4v) is 2.65. The first-order valence-corrected chi connectivity index (χ1v) is 7.51. The lowest BCUT2D eigenvalue weighted by Gasteiger charge is -2.39. The highest BCUT2D eigenvalue weighted by atomic mass is 35.5. The number of anilines is 1. The van der Waals surface area contributed by atoms with Gasteiger partial charge in [0.25, 0.3) is 0 Å². The first-order chi connectivity index (χ1) is 9.63. The van der Waals surface area contributed by atoms with E-state index in [4.69, 9.17) is 11.6 Å². The molecule has 1 fully saturated rings. The molecule has 1 aliphatic rings. The zero-order chi connectivity index (χ0) is 14.4. The molecule has 1 aliphatic heterocycles. The zero-order valence-electron chi connectivity index (χ0n) is 11.5. The van der Waals surface area contributed by atoms with Gasteiger partial charge in [-0.25, -0.2) is 0 Å².